The van der Waals surface area contributed by atoms with Crippen LogP contribution in [0.3, 0.4) is 0 Å². The molecule has 29 rings (SSSR count). The molecule has 690 valence electrons. The van der Waals surface area contributed by atoms with Crippen molar-refractivity contribution in [3.8, 4) is 111 Å². The van der Waals surface area contributed by atoms with Crippen LogP contribution >= 0.6 is 0 Å². The van der Waals surface area contributed by atoms with Crippen molar-refractivity contribution in [3.63, 3.8) is 0 Å². The molecule has 3 nitrogen and oxygen atoms in total. The van der Waals surface area contributed by atoms with Crippen molar-refractivity contribution in [2.75, 3.05) is 16.3 Å². The highest BCUT2D eigenvalue weighted by Gasteiger charge is 2.42. The van der Waals surface area contributed by atoms with E-state index in [2.05, 4.69) is 525 Å². The van der Waals surface area contributed by atoms with Crippen molar-refractivity contribution < 1.29 is 0 Å². The fourth-order valence-electron chi connectivity index (χ4n) is 26.1. The summed E-state index contributed by atoms with van der Waals surface area (Å²) in [4.78, 5) is 9.79. The number of anilines is 5. The number of pyridine rings is 1. The Morgan fingerprint density at radius 1 is 0.200 bits per heavy atom. The van der Waals surface area contributed by atoms with Crippen molar-refractivity contribution in [2.45, 2.75) is 89.9 Å². The zero-order valence-electron chi connectivity index (χ0n) is 82.9. The SMILES string of the molecule is CC1(C)c2ccccc2-c2cc(-c3c4ccccc4c(-c4c5ccccc5cc5ccncc45)c4ccc(-c5ccccc5)cc34)ccc21.CC1(C)c2ccccc2-c2cc(-c3c4ccccc4c(N4CCCc5ccccc54)c4ccc(-c5ccccc5)cc34)ccc21.CC1(C)c2ccccc2-c2cc(-c3c4ccccc4c(N4c5ccccc5C(C)(C)c5ccccc54)c4ccc(-c5ccccc5)cc34)ccc21. The molecule has 3 heterocycles. The Bertz CT molecular complexity index is 9380. The van der Waals surface area contributed by atoms with Gasteiger partial charge in [-0.15, -0.1) is 0 Å². The van der Waals surface area contributed by atoms with Crippen LogP contribution in [0.25, 0.3) is 197 Å². The van der Waals surface area contributed by atoms with Gasteiger partial charge in [0, 0.05) is 78.8 Å². The molecule has 1 aromatic heterocycles. The van der Waals surface area contributed by atoms with Crippen molar-refractivity contribution in [3.05, 3.63) is 517 Å². The molecule has 3 heteroatoms. The van der Waals surface area contributed by atoms with Crippen molar-refractivity contribution in [2.24, 2.45) is 0 Å². The number of aromatic nitrogens is 1. The van der Waals surface area contributed by atoms with E-state index >= 15 is 0 Å². The van der Waals surface area contributed by atoms with E-state index in [-0.39, 0.29) is 21.7 Å². The summed E-state index contributed by atoms with van der Waals surface area (Å²) >= 11 is 0. The van der Waals surface area contributed by atoms with Gasteiger partial charge in [-0.25, -0.2) is 0 Å². The van der Waals surface area contributed by atoms with E-state index < -0.39 is 0 Å². The minimum Gasteiger partial charge on any atom is -0.340 e. The van der Waals surface area contributed by atoms with Crippen LogP contribution in [0.5, 0.6) is 0 Å². The highest BCUT2D eigenvalue weighted by Crippen LogP contribution is 2.61. The lowest BCUT2D eigenvalue weighted by Crippen LogP contribution is -2.30. The zero-order chi connectivity index (χ0) is 97.3. The van der Waals surface area contributed by atoms with Crippen LogP contribution in [0, 0.1) is 0 Å². The van der Waals surface area contributed by atoms with Gasteiger partial charge >= 0.3 is 0 Å². The average Bonchev–Trinajstić information content (AvgIpc) is 1.55. The first-order valence-electron chi connectivity index (χ1n) is 51.5. The lowest BCUT2D eigenvalue weighted by atomic mass is 9.73. The molecular weight excluding hydrogens is 1750 g/mol. The standard InChI is InChI=1S/C50H39N.C48H33N.C44H35N/c1-49(2)41-21-11-10-18-35(41)39-31-34(27-29-42(39)49)47-36-19-8-9-20-37(36)48(38-28-26-33(30-40(38)47)32-16-6-5-7-17-32)51-45-24-14-12-22-43(45)50(3,4)44-23-13-15-25-46(44)51;1-48(2)43-19-11-10-16-36(43)40-28-34(21-23-44(40)48)45-37-17-8-9-18-38(37)47(39-22-20-31(27-41(39)45)30-12-4-3-5-13-30)46-35-15-7-6-14-32(35)26-33-24-25-49-29-42(33)46;1-44(2)39-20-10-9-17-33(39)37-28-32(23-25-40(37)44)42-34-18-7-8-19-35(34)43(45-26-12-16-30-15-6-11-21-41(30)45)36-24-22-31(27-38(36)42)29-13-4-3-5-14-29/h5-31H,1-4H3;3-29H,1-2H3;3-11,13-15,17-25,27-28H,12,16,26H2,1-2H3. The van der Waals surface area contributed by atoms with Crippen molar-refractivity contribution >= 4 is 115 Å². The van der Waals surface area contributed by atoms with Crippen LogP contribution in [-0.4, -0.2) is 11.5 Å². The predicted octanol–water partition coefficient (Wildman–Crippen LogP) is 38.5. The Morgan fingerprint density at radius 2 is 0.510 bits per heavy atom. The molecule has 24 aromatic rings. The first-order valence-corrected chi connectivity index (χ1v) is 51.5. The van der Waals surface area contributed by atoms with E-state index in [0.29, 0.717) is 0 Å². The summed E-state index contributed by atoms with van der Waals surface area (Å²) < 4.78 is 0. The number of benzene rings is 23. The summed E-state index contributed by atoms with van der Waals surface area (Å²) in [5.74, 6) is 0. The van der Waals surface area contributed by atoms with Gasteiger partial charge in [0.2, 0.25) is 0 Å². The molecule has 0 bridgehead atoms. The minimum atomic E-state index is -0.135. The molecule has 3 aliphatic carbocycles. The summed E-state index contributed by atoms with van der Waals surface area (Å²) in [7, 11) is 0. The molecule has 0 spiro atoms. The van der Waals surface area contributed by atoms with E-state index in [1.807, 2.05) is 12.4 Å². The first kappa shape index (κ1) is 87.0. The summed E-state index contributed by atoms with van der Waals surface area (Å²) in [5, 5.41) is 20.1. The molecule has 0 unspecified atom stereocenters. The summed E-state index contributed by atoms with van der Waals surface area (Å²) in [6.45, 7) is 19.9. The molecule has 0 amide bonds. The predicted molar refractivity (Wildman–Crippen MR) is 616 cm³/mol. The zero-order valence-corrected chi connectivity index (χ0v) is 82.9. The first-order chi connectivity index (χ1) is 71.0. The van der Waals surface area contributed by atoms with E-state index in [1.54, 1.807) is 0 Å². The minimum absolute atomic E-state index is 0.0133. The normalized spacial score (nSPS) is 14.3. The van der Waals surface area contributed by atoms with Gasteiger partial charge in [-0.05, 0) is 295 Å². The average molecular weight is 1860 g/mol. The van der Waals surface area contributed by atoms with Gasteiger partial charge in [0.1, 0.15) is 0 Å². The fraction of sp³-hybridized carbons (Fsp3) is 0.106. The van der Waals surface area contributed by atoms with Crippen molar-refractivity contribution in [1.82, 2.24) is 4.98 Å². The summed E-state index contributed by atoms with van der Waals surface area (Å²) in [5.41, 5.74) is 44.3. The van der Waals surface area contributed by atoms with Gasteiger partial charge in [-0.3, -0.25) is 4.98 Å². The number of rotatable bonds is 9. The molecule has 0 saturated carbocycles. The Labute approximate surface area is 848 Å². The molecule has 0 fully saturated rings. The maximum Gasteiger partial charge on any atom is 0.0619 e. The van der Waals surface area contributed by atoms with Crippen LogP contribution in [0.15, 0.2) is 467 Å². The number of aryl methyl sites for hydroxylation is 1. The van der Waals surface area contributed by atoms with Gasteiger partial charge < -0.3 is 9.80 Å². The van der Waals surface area contributed by atoms with E-state index in [0.717, 1.165) is 19.4 Å². The third-order valence-electron chi connectivity index (χ3n) is 33.1. The highest BCUT2D eigenvalue weighted by atomic mass is 15.2. The Hall–Kier alpha value is -17.1. The second-order valence-electron chi connectivity index (χ2n) is 42.5. The Morgan fingerprint density at radius 3 is 0.979 bits per heavy atom. The van der Waals surface area contributed by atoms with E-state index in [1.165, 1.54) is 276 Å². The van der Waals surface area contributed by atoms with Crippen LogP contribution in [0.2, 0.25) is 0 Å². The maximum absolute atomic E-state index is 4.65. The van der Waals surface area contributed by atoms with Crippen LogP contribution in [0.1, 0.15) is 112 Å². The molecule has 0 N–H and O–H groups in total. The number of fused-ring (bicyclic) bond motifs is 20. The number of nitrogens with zero attached hydrogens (tertiary/aromatic N) is 3. The maximum atomic E-state index is 4.65. The Balaban J connectivity index is 0.000000108. The second kappa shape index (κ2) is 33.8. The van der Waals surface area contributed by atoms with Gasteiger partial charge in [0.05, 0.1) is 22.7 Å². The molecular formula is C142H107N3. The molecule has 0 radical (unpaired) electrons. The van der Waals surface area contributed by atoms with Gasteiger partial charge in [-0.2, -0.15) is 0 Å². The molecule has 0 saturated heterocycles. The second-order valence-corrected chi connectivity index (χ2v) is 42.5. The van der Waals surface area contributed by atoms with Crippen LogP contribution < -0.4 is 9.80 Å². The van der Waals surface area contributed by atoms with Gasteiger partial charge in [-0.1, -0.05) is 444 Å². The number of hydrogen-bond donors (Lipinski definition) is 0. The lowest BCUT2D eigenvalue weighted by Gasteiger charge is -2.42. The van der Waals surface area contributed by atoms with Gasteiger partial charge in [0.25, 0.3) is 0 Å². The Kier molecular flexibility index (Phi) is 20.3. The molecule has 2 aliphatic heterocycles. The quantitative estimate of drug-likeness (QED) is 0.134. The lowest BCUT2D eigenvalue weighted by molar-refractivity contribution is 0.632. The topological polar surface area (TPSA) is 19.4 Å². The highest BCUT2D eigenvalue weighted by molar-refractivity contribution is 6.29. The third-order valence-corrected chi connectivity index (χ3v) is 33.1. The fourth-order valence-corrected chi connectivity index (χ4v) is 26.1. The smallest absolute Gasteiger partial charge is 0.0619 e. The van der Waals surface area contributed by atoms with Gasteiger partial charge in [0.15, 0.2) is 0 Å². The summed E-state index contributed by atoms with van der Waals surface area (Å²) in [6, 6.07) is 170. The van der Waals surface area contributed by atoms with Crippen LogP contribution in [0.4, 0.5) is 28.4 Å². The molecule has 23 aromatic carbocycles. The van der Waals surface area contributed by atoms with Crippen LogP contribution in [-0.2, 0) is 28.1 Å². The van der Waals surface area contributed by atoms with E-state index in [4.69, 9.17) is 0 Å². The number of para-hydroxylation sites is 3. The van der Waals surface area contributed by atoms with E-state index in [9.17, 15) is 0 Å². The molecule has 145 heavy (non-hydrogen) atoms. The number of hydrogen-bond acceptors (Lipinski definition) is 3. The summed E-state index contributed by atoms with van der Waals surface area (Å²) in [6.07, 6.45) is 6.23. The molecule has 0 atom stereocenters. The molecule has 5 aliphatic rings. The largest absolute Gasteiger partial charge is 0.340 e. The van der Waals surface area contributed by atoms with Crippen molar-refractivity contribution in [1.29, 1.82) is 0 Å². The third kappa shape index (κ3) is 13.7. The monoisotopic (exact) mass is 1850 g/mol.